The van der Waals surface area contributed by atoms with Crippen LogP contribution in [0.4, 0.5) is 0 Å². The summed E-state index contributed by atoms with van der Waals surface area (Å²) in [6.45, 7) is 2.98. The average Bonchev–Trinajstić information content (AvgIpc) is 2.46. The van der Waals surface area contributed by atoms with Gasteiger partial charge in [-0.3, -0.25) is 4.79 Å². The minimum atomic E-state index is -0.171. The Morgan fingerprint density at radius 3 is 2.47 bits per heavy atom. The fourth-order valence-electron chi connectivity index (χ4n) is 2.46. The van der Waals surface area contributed by atoms with Crippen molar-refractivity contribution in [2.24, 2.45) is 5.92 Å². The summed E-state index contributed by atoms with van der Waals surface area (Å²) >= 11 is 5.54. The lowest BCUT2D eigenvalue weighted by atomic mass is 9.98. The van der Waals surface area contributed by atoms with E-state index in [1.807, 2.05) is 12.1 Å². The Bertz CT molecular complexity index is 411. The Morgan fingerprint density at radius 1 is 1.32 bits per heavy atom. The van der Waals surface area contributed by atoms with Gasteiger partial charge >= 0.3 is 0 Å². The smallest absolute Gasteiger partial charge is 0.224 e. The molecule has 1 aliphatic heterocycles. The zero-order valence-electron chi connectivity index (χ0n) is 11.3. The minimum absolute atomic E-state index is 0.0684. The number of rotatable bonds is 5. The molecule has 0 bridgehead atoms. The highest BCUT2D eigenvalue weighted by atomic mass is 35.5. The summed E-state index contributed by atoms with van der Waals surface area (Å²) in [7, 11) is 1.68. The lowest BCUT2D eigenvalue weighted by molar-refractivity contribution is -0.116. The summed E-state index contributed by atoms with van der Waals surface area (Å²) < 4.78 is 5.14. The van der Waals surface area contributed by atoms with Crippen molar-refractivity contribution in [2.75, 3.05) is 26.7 Å². The summed E-state index contributed by atoms with van der Waals surface area (Å²) in [5, 5.41) is -0.171. The van der Waals surface area contributed by atoms with Gasteiger partial charge in [-0.15, -0.1) is 0 Å². The number of likely N-dealkylation sites (tertiary alicyclic amines) is 1. The van der Waals surface area contributed by atoms with Gasteiger partial charge in [-0.05, 0) is 61.6 Å². The molecule has 0 aliphatic carbocycles. The number of halogens is 1. The van der Waals surface area contributed by atoms with Crippen LogP contribution in [0.15, 0.2) is 24.3 Å². The molecule has 0 aromatic heterocycles. The van der Waals surface area contributed by atoms with Crippen molar-refractivity contribution in [3.8, 4) is 5.75 Å². The normalized spacial score (nSPS) is 17.4. The number of carbonyl (C=O) groups excluding carboxylic acids is 1. The third kappa shape index (κ3) is 4.22. The first kappa shape index (κ1) is 14.4. The second-order valence-corrected chi connectivity index (χ2v) is 5.39. The van der Waals surface area contributed by atoms with E-state index >= 15 is 0 Å². The number of hydrogen-bond acceptors (Lipinski definition) is 3. The van der Waals surface area contributed by atoms with Gasteiger partial charge in [0, 0.05) is 12.5 Å². The number of benzene rings is 1. The third-order valence-corrected chi connectivity index (χ3v) is 4.09. The highest BCUT2D eigenvalue weighted by molar-refractivity contribution is 6.63. The van der Waals surface area contributed by atoms with Crippen LogP contribution in [0.1, 0.15) is 18.4 Å². The van der Waals surface area contributed by atoms with E-state index < -0.39 is 0 Å². The zero-order valence-corrected chi connectivity index (χ0v) is 12.0. The first-order chi connectivity index (χ1) is 9.19. The SMILES string of the molecule is COc1ccc(CCN2CCC(C(=O)Cl)CC2)cc1. The van der Waals surface area contributed by atoms with Gasteiger partial charge in [0.15, 0.2) is 0 Å². The van der Waals surface area contributed by atoms with Crippen LogP contribution in [0.5, 0.6) is 5.75 Å². The molecule has 1 aromatic carbocycles. The highest BCUT2D eigenvalue weighted by Crippen LogP contribution is 2.20. The quantitative estimate of drug-likeness (QED) is 0.777. The van der Waals surface area contributed by atoms with Gasteiger partial charge in [-0.2, -0.15) is 0 Å². The van der Waals surface area contributed by atoms with Gasteiger partial charge in [0.2, 0.25) is 5.24 Å². The molecule has 3 nitrogen and oxygen atoms in total. The molecule has 0 spiro atoms. The molecule has 0 saturated carbocycles. The van der Waals surface area contributed by atoms with Crippen LogP contribution in [-0.2, 0) is 11.2 Å². The monoisotopic (exact) mass is 281 g/mol. The van der Waals surface area contributed by atoms with E-state index in [4.69, 9.17) is 16.3 Å². The fourth-order valence-corrected chi connectivity index (χ4v) is 2.68. The van der Waals surface area contributed by atoms with Crippen molar-refractivity contribution < 1.29 is 9.53 Å². The van der Waals surface area contributed by atoms with Gasteiger partial charge in [0.25, 0.3) is 0 Å². The Labute approximate surface area is 119 Å². The molecule has 0 N–H and O–H groups in total. The molecular weight excluding hydrogens is 262 g/mol. The van der Waals surface area contributed by atoms with Crippen LogP contribution >= 0.6 is 11.6 Å². The van der Waals surface area contributed by atoms with Crippen LogP contribution in [0, 0.1) is 5.92 Å². The molecule has 0 amide bonds. The average molecular weight is 282 g/mol. The number of ether oxygens (including phenoxy) is 1. The number of nitrogens with zero attached hydrogens (tertiary/aromatic N) is 1. The summed E-state index contributed by atoms with van der Waals surface area (Å²) in [5.41, 5.74) is 1.32. The van der Waals surface area contributed by atoms with Crippen molar-refractivity contribution in [1.82, 2.24) is 4.90 Å². The van der Waals surface area contributed by atoms with Gasteiger partial charge < -0.3 is 9.64 Å². The van der Waals surface area contributed by atoms with E-state index in [0.717, 1.165) is 44.6 Å². The molecule has 0 unspecified atom stereocenters. The van der Waals surface area contributed by atoms with Crippen molar-refractivity contribution in [3.05, 3.63) is 29.8 Å². The second-order valence-electron chi connectivity index (χ2n) is 5.02. The maximum Gasteiger partial charge on any atom is 0.224 e. The van der Waals surface area contributed by atoms with Crippen LogP contribution in [0.2, 0.25) is 0 Å². The number of piperidine rings is 1. The predicted molar refractivity (Wildman–Crippen MR) is 76.7 cm³/mol. The van der Waals surface area contributed by atoms with Gasteiger partial charge in [0.05, 0.1) is 7.11 Å². The molecule has 1 aliphatic rings. The van der Waals surface area contributed by atoms with Gasteiger partial charge in [0.1, 0.15) is 5.75 Å². The maximum absolute atomic E-state index is 11.1. The van der Waals surface area contributed by atoms with E-state index in [2.05, 4.69) is 17.0 Å². The van der Waals surface area contributed by atoms with Crippen LogP contribution in [0.25, 0.3) is 0 Å². The Kier molecular flexibility index (Phi) is 5.23. The van der Waals surface area contributed by atoms with Crippen LogP contribution in [0.3, 0.4) is 0 Å². The predicted octanol–water partition coefficient (Wildman–Crippen LogP) is 2.72. The van der Waals surface area contributed by atoms with E-state index in [1.165, 1.54) is 5.56 Å². The molecular formula is C15H20ClNO2. The maximum atomic E-state index is 11.1. The molecule has 104 valence electrons. The van der Waals surface area contributed by atoms with Gasteiger partial charge in [-0.25, -0.2) is 0 Å². The van der Waals surface area contributed by atoms with Crippen molar-refractivity contribution >= 4 is 16.8 Å². The minimum Gasteiger partial charge on any atom is -0.497 e. The lowest BCUT2D eigenvalue weighted by Crippen LogP contribution is -2.36. The standard InChI is InChI=1S/C15H20ClNO2/c1-19-14-4-2-12(3-5-14)6-9-17-10-7-13(8-11-17)15(16)18/h2-5,13H,6-11H2,1H3. The number of methoxy groups -OCH3 is 1. The van der Waals surface area contributed by atoms with E-state index in [1.54, 1.807) is 7.11 Å². The number of carbonyl (C=O) groups is 1. The largest absolute Gasteiger partial charge is 0.497 e. The Morgan fingerprint density at radius 2 is 1.95 bits per heavy atom. The highest BCUT2D eigenvalue weighted by Gasteiger charge is 2.23. The molecule has 1 aromatic rings. The summed E-state index contributed by atoms with van der Waals surface area (Å²) in [6.07, 6.45) is 2.82. The van der Waals surface area contributed by atoms with Crippen molar-refractivity contribution in [2.45, 2.75) is 19.3 Å². The van der Waals surface area contributed by atoms with Crippen LogP contribution < -0.4 is 4.74 Å². The first-order valence-corrected chi connectivity index (χ1v) is 7.11. The zero-order chi connectivity index (χ0) is 13.7. The molecule has 0 radical (unpaired) electrons. The Hall–Kier alpha value is -1.06. The van der Waals surface area contributed by atoms with Crippen molar-refractivity contribution in [1.29, 1.82) is 0 Å². The summed E-state index contributed by atoms with van der Waals surface area (Å²) in [4.78, 5) is 13.5. The van der Waals surface area contributed by atoms with Crippen molar-refractivity contribution in [3.63, 3.8) is 0 Å². The summed E-state index contributed by atoms with van der Waals surface area (Å²) in [5.74, 6) is 0.962. The molecule has 1 fully saturated rings. The van der Waals surface area contributed by atoms with E-state index in [9.17, 15) is 4.79 Å². The molecule has 19 heavy (non-hydrogen) atoms. The van der Waals surface area contributed by atoms with E-state index in [0.29, 0.717) is 0 Å². The summed E-state index contributed by atoms with van der Waals surface area (Å²) in [6, 6.07) is 8.20. The molecule has 1 heterocycles. The molecule has 2 rings (SSSR count). The Balaban J connectivity index is 1.75. The van der Waals surface area contributed by atoms with Gasteiger partial charge in [-0.1, -0.05) is 12.1 Å². The molecule has 0 atom stereocenters. The molecule has 1 saturated heterocycles. The molecule has 4 heteroatoms. The number of hydrogen-bond donors (Lipinski definition) is 0. The fraction of sp³-hybridized carbons (Fsp3) is 0.533. The first-order valence-electron chi connectivity index (χ1n) is 6.73. The second kappa shape index (κ2) is 6.92. The third-order valence-electron chi connectivity index (χ3n) is 3.78. The van der Waals surface area contributed by atoms with Crippen LogP contribution in [-0.4, -0.2) is 36.9 Å². The lowest BCUT2D eigenvalue weighted by Gasteiger charge is -2.30. The topological polar surface area (TPSA) is 29.5 Å². The van der Waals surface area contributed by atoms with E-state index in [-0.39, 0.29) is 11.2 Å².